The Morgan fingerprint density at radius 1 is 1.53 bits per heavy atom. The van der Waals surface area contributed by atoms with Crippen molar-refractivity contribution in [3.63, 3.8) is 0 Å². The van der Waals surface area contributed by atoms with E-state index >= 15 is 0 Å². The average Bonchev–Trinajstić information content (AvgIpc) is 2.29. The van der Waals surface area contributed by atoms with Gasteiger partial charge in [0.05, 0.1) is 5.56 Å². The molecule has 0 spiro atoms. The Morgan fingerprint density at radius 2 is 2.24 bits per heavy atom. The van der Waals surface area contributed by atoms with Gasteiger partial charge in [-0.3, -0.25) is 4.79 Å². The summed E-state index contributed by atoms with van der Waals surface area (Å²) in [5.74, 6) is -0.509. The van der Waals surface area contributed by atoms with Crippen molar-refractivity contribution in [1.82, 2.24) is 5.32 Å². The zero-order valence-electron chi connectivity index (χ0n) is 9.31. The Hall–Kier alpha value is -1.05. The highest BCUT2D eigenvalue weighted by Crippen LogP contribution is 2.05. The van der Waals surface area contributed by atoms with E-state index in [1.54, 1.807) is 11.8 Å². The Kier molecular flexibility index (Phi) is 5.47. The van der Waals surface area contributed by atoms with Gasteiger partial charge >= 0.3 is 7.12 Å². The topological polar surface area (TPSA) is 69.6 Å². The molecule has 92 valence electrons. The summed E-state index contributed by atoms with van der Waals surface area (Å²) in [5, 5.41) is 20.4. The number of thioether (sulfide) groups is 1. The number of hydrogen-bond acceptors (Lipinski definition) is 4. The maximum Gasteiger partial charge on any atom is 0.488 e. The fraction of sp³-hybridized carbons (Fsp3) is 0.300. The van der Waals surface area contributed by atoms with Crippen LogP contribution in [0.3, 0.4) is 0 Å². The third-order valence-electron chi connectivity index (χ3n) is 2.12. The third-order valence-corrected chi connectivity index (χ3v) is 2.74. The van der Waals surface area contributed by atoms with Gasteiger partial charge in [0.1, 0.15) is 5.82 Å². The minimum Gasteiger partial charge on any atom is -0.423 e. The van der Waals surface area contributed by atoms with Crippen molar-refractivity contribution in [2.24, 2.45) is 0 Å². The smallest absolute Gasteiger partial charge is 0.423 e. The lowest BCUT2D eigenvalue weighted by Gasteiger charge is -2.07. The molecular formula is C10H13BFNO3S. The van der Waals surface area contributed by atoms with E-state index in [4.69, 9.17) is 10.0 Å². The van der Waals surface area contributed by atoms with E-state index in [9.17, 15) is 9.18 Å². The minimum absolute atomic E-state index is 0.0846. The molecule has 0 aromatic heterocycles. The molecule has 17 heavy (non-hydrogen) atoms. The molecule has 0 aliphatic rings. The SMILES string of the molecule is CSCCNC(=O)c1cc(B(O)O)ccc1F. The van der Waals surface area contributed by atoms with Crippen LogP contribution in [0.5, 0.6) is 0 Å². The molecule has 7 heteroatoms. The molecule has 1 aromatic rings. The molecule has 0 unspecified atom stereocenters. The van der Waals surface area contributed by atoms with Gasteiger partial charge in [0, 0.05) is 12.3 Å². The van der Waals surface area contributed by atoms with Crippen LogP contribution < -0.4 is 10.8 Å². The summed E-state index contributed by atoms with van der Waals surface area (Å²) in [7, 11) is -1.71. The molecule has 0 atom stereocenters. The predicted octanol–water partition coefficient (Wildman–Crippen LogP) is -0.402. The first-order valence-corrected chi connectivity index (χ1v) is 6.38. The van der Waals surface area contributed by atoms with Gasteiger partial charge in [0.15, 0.2) is 0 Å². The van der Waals surface area contributed by atoms with Crippen LogP contribution in [-0.4, -0.2) is 41.6 Å². The van der Waals surface area contributed by atoms with E-state index in [0.29, 0.717) is 6.54 Å². The molecule has 0 fully saturated rings. The molecule has 1 aromatic carbocycles. The molecule has 0 saturated heterocycles. The quantitative estimate of drug-likeness (QED) is 0.496. The predicted molar refractivity (Wildman–Crippen MR) is 66.9 cm³/mol. The summed E-state index contributed by atoms with van der Waals surface area (Å²) in [6, 6.07) is 3.39. The van der Waals surface area contributed by atoms with Crippen LogP contribution in [0.25, 0.3) is 0 Å². The van der Waals surface area contributed by atoms with E-state index in [1.807, 2.05) is 6.26 Å². The number of benzene rings is 1. The van der Waals surface area contributed by atoms with E-state index in [-0.39, 0.29) is 11.0 Å². The van der Waals surface area contributed by atoms with Crippen LogP contribution >= 0.6 is 11.8 Å². The van der Waals surface area contributed by atoms with Crippen LogP contribution in [-0.2, 0) is 0 Å². The monoisotopic (exact) mass is 257 g/mol. The van der Waals surface area contributed by atoms with Gasteiger partial charge in [-0.15, -0.1) is 0 Å². The Balaban J connectivity index is 2.81. The number of hydrogen-bond donors (Lipinski definition) is 3. The molecule has 0 bridgehead atoms. The molecule has 3 N–H and O–H groups in total. The summed E-state index contributed by atoms with van der Waals surface area (Å²) < 4.78 is 13.4. The molecule has 4 nitrogen and oxygen atoms in total. The molecule has 0 aliphatic carbocycles. The van der Waals surface area contributed by atoms with E-state index in [0.717, 1.165) is 17.9 Å². The van der Waals surface area contributed by atoms with Crippen molar-refractivity contribution in [2.45, 2.75) is 0 Å². The largest absolute Gasteiger partial charge is 0.488 e. The second kappa shape index (κ2) is 6.63. The van der Waals surface area contributed by atoms with Gasteiger partial charge in [-0.2, -0.15) is 11.8 Å². The highest BCUT2D eigenvalue weighted by Gasteiger charge is 2.17. The van der Waals surface area contributed by atoms with E-state index in [1.165, 1.54) is 6.07 Å². The number of halogens is 1. The van der Waals surface area contributed by atoms with Crippen LogP contribution in [0, 0.1) is 5.82 Å². The number of rotatable bonds is 5. The van der Waals surface area contributed by atoms with Gasteiger partial charge in [-0.1, -0.05) is 6.07 Å². The zero-order chi connectivity index (χ0) is 12.8. The summed E-state index contributed by atoms with van der Waals surface area (Å²) in [4.78, 5) is 11.6. The lowest BCUT2D eigenvalue weighted by atomic mass is 9.79. The minimum atomic E-state index is -1.71. The van der Waals surface area contributed by atoms with Gasteiger partial charge in [0.25, 0.3) is 5.91 Å². The third kappa shape index (κ3) is 4.03. The number of carbonyl (C=O) groups excluding carboxylic acids is 1. The van der Waals surface area contributed by atoms with Gasteiger partial charge in [-0.05, 0) is 23.9 Å². The maximum absolute atomic E-state index is 13.4. The normalized spacial score (nSPS) is 10.1. The van der Waals surface area contributed by atoms with Crippen molar-refractivity contribution in [2.75, 3.05) is 18.6 Å². The molecular weight excluding hydrogens is 244 g/mol. The van der Waals surface area contributed by atoms with Gasteiger partial charge in [0.2, 0.25) is 0 Å². The molecule has 1 amide bonds. The zero-order valence-corrected chi connectivity index (χ0v) is 10.1. The number of carbonyl (C=O) groups is 1. The Labute approximate surface area is 103 Å². The number of amides is 1. The Morgan fingerprint density at radius 3 is 2.82 bits per heavy atom. The first kappa shape index (κ1) is 14.0. The molecule has 0 aliphatic heterocycles. The lowest BCUT2D eigenvalue weighted by Crippen LogP contribution is -2.33. The van der Waals surface area contributed by atoms with Gasteiger partial charge in [-0.25, -0.2) is 4.39 Å². The second-order valence-corrected chi connectivity index (χ2v) is 4.35. The standard InChI is InChI=1S/C10H13BFNO3S/c1-17-5-4-13-10(14)8-6-7(11(15)16)2-3-9(8)12/h2-3,6,15-16H,4-5H2,1H3,(H,13,14). The fourth-order valence-corrected chi connectivity index (χ4v) is 1.55. The number of nitrogens with one attached hydrogen (secondary N) is 1. The van der Waals surface area contributed by atoms with Crippen LogP contribution in [0.1, 0.15) is 10.4 Å². The van der Waals surface area contributed by atoms with Crippen molar-refractivity contribution in [1.29, 1.82) is 0 Å². The van der Waals surface area contributed by atoms with Gasteiger partial charge < -0.3 is 15.4 Å². The molecule has 1 rings (SSSR count). The Bertz CT molecular complexity index is 403. The second-order valence-electron chi connectivity index (χ2n) is 3.36. The lowest BCUT2D eigenvalue weighted by molar-refractivity contribution is 0.0952. The van der Waals surface area contributed by atoms with Crippen LogP contribution in [0.4, 0.5) is 4.39 Å². The van der Waals surface area contributed by atoms with Crippen molar-refractivity contribution in [3.8, 4) is 0 Å². The highest BCUT2D eigenvalue weighted by atomic mass is 32.2. The van der Waals surface area contributed by atoms with Crippen LogP contribution in [0.2, 0.25) is 0 Å². The highest BCUT2D eigenvalue weighted by molar-refractivity contribution is 7.98. The first-order chi connectivity index (χ1) is 8.06. The van der Waals surface area contributed by atoms with Crippen molar-refractivity contribution in [3.05, 3.63) is 29.6 Å². The summed E-state index contributed by atoms with van der Waals surface area (Å²) in [5.41, 5.74) is -0.0990. The molecule has 0 saturated carbocycles. The summed E-state index contributed by atoms with van der Waals surface area (Å²) in [6.07, 6.45) is 1.90. The summed E-state index contributed by atoms with van der Waals surface area (Å²) >= 11 is 1.56. The van der Waals surface area contributed by atoms with Crippen molar-refractivity contribution < 1.29 is 19.2 Å². The van der Waals surface area contributed by atoms with Crippen LogP contribution in [0.15, 0.2) is 18.2 Å². The van der Waals surface area contributed by atoms with Crippen molar-refractivity contribution >= 4 is 30.3 Å². The van der Waals surface area contributed by atoms with E-state index < -0.39 is 18.8 Å². The first-order valence-electron chi connectivity index (χ1n) is 4.99. The fourth-order valence-electron chi connectivity index (χ4n) is 1.24. The molecule has 0 heterocycles. The van der Waals surface area contributed by atoms with E-state index in [2.05, 4.69) is 5.32 Å². The summed E-state index contributed by atoms with van der Waals surface area (Å²) in [6.45, 7) is 0.436. The molecule has 0 radical (unpaired) electrons. The average molecular weight is 257 g/mol. The maximum atomic E-state index is 13.4.